The van der Waals surface area contributed by atoms with E-state index in [4.69, 9.17) is 4.99 Å². The fraction of sp³-hybridized carbons (Fsp3) is 0.611. The molecule has 1 aromatic carbocycles. The van der Waals surface area contributed by atoms with Crippen LogP contribution in [0, 0.1) is 11.3 Å². The molecule has 3 nitrogen and oxygen atoms in total. The number of rotatable bonds is 6. The van der Waals surface area contributed by atoms with Crippen LogP contribution in [0.2, 0.25) is 0 Å². The summed E-state index contributed by atoms with van der Waals surface area (Å²) in [4.78, 5) is 4.72. The SMILES string of the molecule is CCNC(=NCc1ccccc1)NCC1(C2CC2)CCC1.I. The Hall–Kier alpha value is -0.780. The summed E-state index contributed by atoms with van der Waals surface area (Å²) in [7, 11) is 0. The first-order valence-corrected chi connectivity index (χ1v) is 8.38. The van der Waals surface area contributed by atoms with E-state index >= 15 is 0 Å². The highest BCUT2D eigenvalue weighted by molar-refractivity contribution is 14.0. The Bertz CT molecular complexity index is 478. The largest absolute Gasteiger partial charge is 0.357 e. The van der Waals surface area contributed by atoms with Crippen molar-refractivity contribution < 1.29 is 0 Å². The highest BCUT2D eigenvalue weighted by Gasteiger charge is 2.48. The van der Waals surface area contributed by atoms with E-state index in [1.54, 1.807) is 0 Å². The maximum absolute atomic E-state index is 4.72. The van der Waals surface area contributed by atoms with Crippen LogP contribution in [0.3, 0.4) is 0 Å². The molecule has 2 aliphatic carbocycles. The molecule has 2 aliphatic rings. The van der Waals surface area contributed by atoms with Gasteiger partial charge in [-0.05, 0) is 49.5 Å². The number of guanidine groups is 1. The van der Waals surface area contributed by atoms with E-state index in [0.29, 0.717) is 5.41 Å². The smallest absolute Gasteiger partial charge is 0.191 e. The summed E-state index contributed by atoms with van der Waals surface area (Å²) >= 11 is 0. The predicted octanol–water partition coefficient (Wildman–Crippen LogP) is 3.94. The molecule has 0 aliphatic heterocycles. The van der Waals surface area contributed by atoms with Crippen LogP contribution >= 0.6 is 24.0 Å². The first kappa shape index (κ1) is 17.6. The Morgan fingerprint density at radius 3 is 2.45 bits per heavy atom. The van der Waals surface area contributed by atoms with Gasteiger partial charge in [0.25, 0.3) is 0 Å². The fourth-order valence-electron chi connectivity index (χ4n) is 3.41. The molecule has 122 valence electrons. The average molecular weight is 413 g/mol. The Morgan fingerprint density at radius 2 is 1.91 bits per heavy atom. The molecule has 0 aromatic heterocycles. The Kier molecular flexibility index (Phi) is 6.53. The molecular weight excluding hydrogens is 385 g/mol. The summed E-state index contributed by atoms with van der Waals surface area (Å²) in [6, 6.07) is 10.4. The minimum Gasteiger partial charge on any atom is -0.357 e. The van der Waals surface area contributed by atoms with Crippen LogP contribution < -0.4 is 10.6 Å². The molecule has 3 rings (SSSR count). The summed E-state index contributed by atoms with van der Waals surface area (Å²) in [6.07, 6.45) is 7.11. The standard InChI is InChI=1S/C18H27N3.HI/c1-2-19-17(20-13-15-7-4-3-5-8-15)21-14-18(11-6-12-18)16-9-10-16;/h3-5,7-8,16H,2,6,9-14H2,1H3,(H2,19,20,21);1H. The molecule has 2 saturated carbocycles. The molecule has 0 heterocycles. The zero-order valence-corrected chi connectivity index (χ0v) is 15.8. The van der Waals surface area contributed by atoms with Crippen LogP contribution in [0.1, 0.15) is 44.6 Å². The minimum absolute atomic E-state index is 0. The van der Waals surface area contributed by atoms with Gasteiger partial charge in [-0.2, -0.15) is 0 Å². The van der Waals surface area contributed by atoms with Crippen molar-refractivity contribution in [1.29, 1.82) is 0 Å². The average Bonchev–Trinajstić information content (AvgIpc) is 3.29. The monoisotopic (exact) mass is 413 g/mol. The lowest BCUT2D eigenvalue weighted by atomic mass is 9.65. The van der Waals surface area contributed by atoms with Gasteiger partial charge in [0.15, 0.2) is 5.96 Å². The molecule has 0 atom stereocenters. The van der Waals surface area contributed by atoms with Gasteiger partial charge >= 0.3 is 0 Å². The lowest BCUT2D eigenvalue weighted by molar-refractivity contribution is 0.106. The van der Waals surface area contributed by atoms with E-state index < -0.39 is 0 Å². The van der Waals surface area contributed by atoms with Crippen molar-refractivity contribution in [3.05, 3.63) is 35.9 Å². The van der Waals surface area contributed by atoms with Crippen molar-refractivity contribution in [2.45, 2.75) is 45.6 Å². The van der Waals surface area contributed by atoms with Crippen molar-refractivity contribution >= 4 is 29.9 Å². The number of aliphatic imine (C=N–C) groups is 1. The lowest BCUT2D eigenvalue weighted by Gasteiger charge is -2.43. The van der Waals surface area contributed by atoms with Crippen LogP contribution in [0.15, 0.2) is 35.3 Å². The van der Waals surface area contributed by atoms with Gasteiger partial charge in [0.05, 0.1) is 6.54 Å². The highest BCUT2D eigenvalue weighted by atomic mass is 127. The van der Waals surface area contributed by atoms with E-state index in [1.807, 2.05) is 6.07 Å². The molecule has 1 aromatic rings. The number of nitrogens with zero attached hydrogens (tertiary/aromatic N) is 1. The Balaban J connectivity index is 0.00000176. The molecule has 0 unspecified atom stereocenters. The van der Waals surface area contributed by atoms with Gasteiger partial charge in [-0.1, -0.05) is 36.8 Å². The summed E-state index contributed by atoms with van der Waals surface area (Å²) in [6.45, 7) is 4.88. The number of benzene rings is 1. The number of nitrogens with one attached hydrogen (secondary N) is 2. The molecule has 0 bridgehead atoms. The summed E-state index contributed by atoms with van der Waals surface area (Å²) in [5.74, 6) is 1.95. The second-order valence-electron chi connectivity index (χ2n) is 6.52. The second-order valence-corrected chi connectivity index (χ2v) is 6.52. The first-order chi connectivity index (χ1) is 10.3. The normalized spacial score (nSPS) is 19.8. The Labute approximate surface area is 151 Å². The van der Waals surface area contributed by atoms with Crippen LogP contribution in [-0.4, -0.2) is 19.0 Å². The molecule has 0 saturated heterocycles. The van der Waals surface area contributed by atoms with Crippen molar-refractivity contribution in [3.8, 4) is 0 Å². The van der Waals surface area contributed by atoms with Crippen molar-refractivity contribution in [2.75, 3.05) is 13.1 Å². The zero-order valence-electron chi connectivity index (χ0n) is 13.5. The summed E-state index contributed by atoms with van der Waals surface area (Å²) < 4.78 is 0. The third-order valence-electron chi connectivity index (χ3n) is 5.01. The minimum atomic E-state index is 0. The van der Waals surface area contributed by atoms with E-state index in [1.165, 1.54) is 37.7 Å². The van der Waals surface area contributed by atoms with Gasteiger partial charge in [-0.25, -0.2) is 4.99 Å². The van der Waals surface area contributed by atoms with Gasteiger partial charge in [0, 0.05) is 13.1 Å². The molecule has 22 heavy (non-hydrogen) atoms. The molecule has 4 heteroatoms. The lowest BCUT2D eigenvalue weighted by Crippen LogP contribution is -2.47. The number of hydrogen-bond donors (Lipinski definition) is 2. The van der Waals surface area contributed by atoms with Crippen LogP contribution in [0.5, 0.6) is 0 Å². The maximum atomic E-state index is 4.72. The fourth-order valence-corrected chi connectivity index (χ4v) is 3.41. The molecule has 0 spiro atoms. The number of hydrogen-bond acceptors (Lipinski definition) is 1. The van der Waals surface area contributed by atoms with E-state index in [2.05, 4.69) is 41.8 Å². The van der Waals surface area contributed by atoms with E-state index in [9.17, 15) is 0 Å². The Morgan fingerprint density at radius 1 is 1.18 bits per heavy atom. The third-order valence-corrected chi connectivity index (χ3v) is 5.01. The topological polar surface area (TPSA) is 36.4 Å². The third kappa shape index (κ3) is 4.37. The predicted molar refractivity (Wildman–Crippen MR) is 104 cm³/mol. The molecule has 0 amide bonds. The molecule has 0 radical (unpaired) electrons. The second kappa shape index (κ2) is 8.18. The van der Waals surface area contributed by atoms with Crippen molar-refractivity contribution in [2.24, 2.45) is 16.3 Å². The molecule has 2 fully saturated rings. The van der Waals surface area contributed by atoms with Gasteiger partial charge in [-0.3, -0.25) is 0 Å². The highest BCUT2D eigenvalue weighted by Crippen LogP contribution is 2.56. The summed E-state index contributed by atoms with van der Waals surface area (Å²) in [5.41, 5.74) is 1.85. The van der Waals surface area contributed by atoms with Crippen LogP contribution in [0.25, 0.3) is 0 Å². The van der Waals surface area contributed by atoms with E-state index in [-0.39, 0.29) is 24.0 Å². The number of halogens is 1. The van der Waals surface area contributed by atoms with Gasteiger partial charge in [0.2, 0.25) is 0 Å². The quantitative estimate of drug-likeness (QED) is 0.421. The van der Waals surface area contributed by atoms with Crippen molar-refractivity contribution in [1.82, 2.24) is 10.6 Å². The molecular formula is C18H28IN3. The zero-order chi connectivity index (χ0) is 14.5. The van der Waals surface area contributed by atoms with Crippen LogP contribution in [-0.2, 0) is 6.54 Å². The van der Waals surface area contributed by atoms with Gasteiger partial charge in [-0.15, -0.1) is 24.0 Å². The van der Waals surface area contributed by atoms with E-state index in [0.717, 1.165) is 31.5 Å². The van der Waals surface area contributed by atoms with Gasteiger partial charge in [0.1, 0.15) is 0 Å². The summed E-state index contributed by atoms with van der Waals surface area (Å²) in [5, 5.41) is 6.97. The maximum Gasteiger partial charge on any atom is 0.191 e. The first-order valence-electron chi connectivity index (χ1n) is 8.38. The molecule has 2 N–H and O–H groups in total. The van der Waals surface area contributed by atoms with Crippen molar-refractivity contribution in [3.63, 3.8) is 0 Å². The van der Waals surface area contributed by atoms with Gasteiger partial charge < -0.3 is 10.6 Å². The van der Waals surface area contributed by atoms with Crippen LogP contribution in [0.4, 0.5) is 0 Å².